The number of carbonyl (C=O) groups is 1. The maximum Gasteiger partial charge on any atom is 0.310 e. The first-order valence-corrected chi connectivity index (χ1v) is 7.97. The maximum atomic E-state index is 10.9. The van der Waals surface area contributed by atoms with Crippen LogP contribution in [0.5, 0.6) is 5.75 Å². The molecule has 3 N–H and O–H groups in total. The summed E-state index contributed by atoms with van der Waals surface area (Å²) >= 11 is 0. The van der Waals surface area contributed by atoms with E-state index in [1.54, 1.807) is 31.2 Å². The highest BCUT2D eigenvalue weighted by Gasteiger charge is 2.13. The number of hydrogen-bond acceptors (Lipinski definition) is 4. The van der Waals surface area contributed by atoms with Gasteiger partial charge < -0.3 is 20.3 Å². The van der Waals surface area contributed by atoms with Crippen molar-refractivity contribution in [2.75, 3.05) is 19.7 Å². The third-order valence-electron chi connectivity index (χ3n) is 3.82. The van der Waals surface area contributed by atoms with Gasteiger partial charge in [-0.2, -0.15) is 0 Å². The summed E-state index contributed by atoms with van der Waals surface area (Å²) in [6.45, 7) is 3.19. The predicted octanol–water partition coefficient (Wildman–Crippen LogP) is 2.58. The fourth-order valence-electron chi connectivity index (χ4n) is 2.27. The number of ether oxygens (including phenoxy) is 1. The molecule has 0 spiro atoms. The van der Waals surface area contributed by atoms with E-state index in [1.807, 2.05) is 30.3 Å². The van der Waals surface area contributed by atoms with E-state index in [0.29, 0.717) is 25.4 Å². The van der Waals surface area contributed by atoms with Crippen molar-refractivity contribution in [1.82, 2.24) is 5.32 Å². The molecule has 24 heavy (non-hydrogen) atoms. The van der Waals surface area contributed by atoms with Crippen LogP contribution in [0.25, 0.3) is 0 Å². The van der Waals surface area contributed by atoms with Crippen LogP contribution in [0.2, 0.25) is 0 Å². The number of carboxylic acid groups (broad SMARTS) is 1. The predicted molar refractivity (Wildman–Crippen MR) is 92.3 cm³/mol. The van der Waals surface area contributed by atoms with Crippen LogP contribution >= 0.6 is 0 Å². The van der Waals surface area contributed by atoms with Crippen LogP contribution in [0.15, 0.2) is 54.6 Å². The zero-order valence-corrected chi connectivity index (χ0v) is 13.7. The van der Waals surface area contributed by atoms with Crippen molar-refractivity contribution >= 4 is 5.97 Å². The molecule has 0 fully saturated rings. The highest BCUT2D eigenvalue weighted by molar-refractivity contribution is 5.75. The molecule has 0 saturated carbocycles. The van der Waals surface area contributed by atoms with Crippen LogP contribution < -0.4 is 10.1 Å². The molecular weight excluding hydrogens is 306 g/mol. The molecule has 2 rings (SSSR count). The summed E-state index contributed by atoms with van der Waals surface area (Å²) < 4.78 is 5.60. The normalized spacial score (nSPS) is 13.2. The molecule has 1 unspecified atom stereocenters. The van der Waals surface area contributed by atoms with Crippen molar-refractivity contribution in [3.63, 3.8) is 0 Å². The number of aliphatic hydroxyl groups is 1. The molecule has 128 valence electrons. The fraction of sp³-hybridized carbons (Fsp3) is 0.316. The highest BCUT2D eigenvalue weighted by atomic mass is 16.5. The van der Waals surface area contributed by atoms with Crippen LogP contribution in [0, 0.1) is 0 Å². The standard InChI is InChI=1S/C19H23NO4/c1-14(19(22)23)15-7-9-17(10-8-15)24-12-11-20-13-18(21)16-5-3-2-4-6-16/h2-10,14,18,20-21H,11-13H2,1H3,(H,22,23)/t14-,18?/m1/s1. The van der Waals surface area contributed by atoms with E-state index in [-0.39, 0.29) is 0 Å². The second kappa shape index (κ2) is 9.05. The number of carboxylic acids is 1. The minimum absolute atomic E-state index is 0.461. The molecule has 0 radical (unpaired) electrons. The number of aliphatic carboxylic acids is 1. The summed E-state index contributed by atoms with van der Waals surface area (Å²) in [5, 5.41) is 22.1. The summed E-state index contributed by atoms with van der Waals surface area (Å²) in [4.78, 5) is 10.9. The lowest BCUT2D eigenvalue weighted by atomic mass is 10.0. The summed E-state index contributed by atoms with van der Waals surface area (Å²) in [5.74, 6) is -0.674. The molecule has 0 bridgehead atoms. The Bertz CT molecular complexity index is 628. The molecular formula is C19H23NO4. The summed E-state index contributed by atoms with van der Waals surface area (Å²) in [6.07, 6.45) is -0.539. The second-order valence-electron chi connectivity index (χ2n) is 5.61. The SMILES string of the molecule is C[C@@H](C(=O)O)c1ccc(OCCNCC(O)c2ccccc2)cc1. The summed E-state index contributed by atoms with van der Waals surface area (Å²) in [5.41, 5.74) is 1.63. The average Bonchev–Trinajstić information content (AvgIpc) is 2.62. The first-order valence-electron chi connectivity index (χ1n) is 7.97. The van der Waals surface area contributed by atoms with Gasteiger partial charge in [0.05, 0.1) is 12.0 Å². The Labute approximate surface area is 141 Å². The van der Waals surface area contributed by atoms with Gasteiger partial charge in [-0.1, -0.05) is 42.5 Å². The number of benzene rings is 2. The molecule has 2 aromatic carbocycles. The van der Waals surface area contributed by atoms with Gasteiger partial charge in [-0.25, -0.2) is 0 Å². The van der Waals surface area contributed by atoms with E-state index in [9.17, 15) is 9.90 Å². The van der Waals surface area contributed by atoms with Gasteiger partial charge in [-0.15, -0.1) is 0 Å². The van der Waals surface area contributed by atoms with Crippen molar-refractivity contribution in [3.8, 4) is 5.75 Å². The lowest BCUT2D eigenvalue weighted by Gasteiger charge is -2.13. The monoisotopic (exact) mass is 329 g/mol. The van der Waals surface area contributed by atoms with E-state index in [4.69, 9.17) is 9.84 Å². The second-order valence-corrected chi connectivity index (χ2v) is 5.61. The maximum absolute atomic E-state index is 10.9. The van der Waals surface area contributed by atoms with Gasteiger partial charge in [0.25, 0.3) is 0 Å². The van der Waals surface area contributed by atoms with Gasteiger partial charge >= 0.3 is 5.97 Å². The average molecular weight is 329 g/mol. The molecule has 5 heteroatoms. The highest BCUT2D eigenvalue weighted by Crippen LogP contribution is 2.19. The van der Waals surface area contributed by atoms with Gasteiger partial charge in [0.2, 0.25) is 0 Å². The fourth-order valence-corrected chi connectivity index (χ4v) is 2.27. The minimum Gasteiger partial charge on any atom is -0.492 e. The van der Waals surface area contributed by atoms with Crippen molar-refractivity contribution in [2.24, 2.45) is 0 Å². The van der Waals surface area contributed by atoms with Crippen LogP contribution in [0.3, 0.4) is 0 Å². The number of hydrogen-bond donors (Lipinski definition) is 3. The van der Waals surface area contributed by atoms with Crippen molar-refractivity contribution in [2.45, 2.75) is 18.9 Å². The van der Waals surface area contributed by atoms with Gasteiger partial charge in [0, 0.05) is 13.1 Å². The van der Waals surface area contributed by atoms with Gasteiger partial charge in [-0.05, 0) is 30.2 Å². The topological polar surface area (TPSA) is 78.8 Å². The first-order chi connectivity index (χ1) is 11.6. The van der Waals surface area contributed by atoms with Crippen molar-refractivity contribution < 1.29 is 19.7 Å². The molecule has 2 atom stereocenters. The molecule has 5 nitrogen and oxygen atoms in total. The lowest BCUT2D eigenvalue weighted by molar-refractivity contribution is -0.138. The Morgan fingerprint density at radius 1 is 1.08 bits per heavy atom. The lowest BCUT2D eigenvalue weighted by Crippen LogP contribution is -2.26. The van der Waals surface area contributed by atoms with Gasteiger partial charge in [-0.3, -0.25) is 4.79 Å². The largest absolute Gasteiger partial charge is 0.492 e. The van der Waals surface area contributed by atoms with E-state index in [0.717, 1.165) is 11.1 Å². The molecule has 0 aliphatic carbocycles. The summed E-state index contributed by atoms with van der Waals surface area (Å²) in [6, 6.07) is 16.6. The van der Waals surface area contributed by atoms with E-state index in [2.05, 4.69) is 5.32 Å². The first kappa shape index (κ1) is 18.0. The third kappa shape index (κ3) is 5.37. The van der Waals surface area contributed by atoms with Crippen LogP contribution in [-0.4, -0.2) is 35.9 Å². The zero-order valence-electron chi connectivity index (χ0n) is 13.7. The Morgan fingerprint density at radius 3 is 2.38 bits per heavy atom. The Hall–Kier alpha value is -2.37. The van der Waals surface area contributed by atoms with Crippen molar-refractivity contribution in [3.05, 3.63) is 65.7 Å². The van der Waals surface area contributed by atoms with E-state index >= 15 is 0 Å². The smallest absolute Gasteiger partial charge is 0.310 e. The Kier molecular flexibility index (Phi) is 6.78. The van der Waals surface area contributed by atoms with E-state index < -0.39 is 18.0 Å². The number of nitrogens with one attached hydrogen (secondary N) is 1. The van der Waals surface area contributed by atoms with Crippen molar-refractivity contribution in [1.29, 1.82) is 0 Å². The molecule has 0 amide bonds. The minimum atomic E-state index is -0.843. The van der Waals surface area contributed by atoms with E-state index in [1.165, 1.54) is 0 Å². The Morgan fingerprint density at radius 2 is 1.75 bits per heavy atom. The van der Waals surface area contributed by atoms with Gasteiger partial charge in [0.1, 0.15) is 12.4 Å². The molecule has 0 aromatic heterocycles. The summed E-state index contributed by atoms with van der Waals surface area (Å²) in [7, 11) is 0. The molecule has 2 aromatic rings. The number of rotatable bonds is 9. The van der Waals surface area contributed by atoms with Crippen LogP contribution in [0.4, 0.5) is 0 Å². The van der Waals surface area contributed by atoms with Crippen LogP contribution in [0.1, 0.15) is 30.1 Å². The quantitative estimate of drug-likeness (QED) is 0.616. The van der Waals surface area contributed by atoms with Gasteiger partial charge in [0.15, 0.2) is 0 Å². The molecule has 0 aliphatic heterocycles. The third-order valence-corrected chi connectivity index (χ3v) is 3.82. The molecule has 0 aliphatic rings. The number of aliphatic hydroxyl groups excluding tert-OH is 1. The van der Waals surface area contributed by atoms with Crippen LogP contribution in [-0.2, 0) is 4.79 Å². The molecule has 0 saturated heterocycles. The zero-order chi connectivity index (χ0) is 17.4. The Balaban J connectivity index is 1.68. The molecule has 0 heterocycles.